The average molecular weight is 576 g/mol. The van der Waals surface area contributed by atoms with E-state index in [1.165, 1.54) is 11.3 Å². The molecule has 13 heteroatoms. The second kappa shape index (κ2) is 11.5. The number of halogens is 3. The fraction of sp³-hybridized carbons (Fsp3) is 0.444. The van der Waals surface area contributed by atoms with Crippen LogP contribution in [-0.2, 0) is 15.7 Å². The third-order valence-corrected chi connectivity index (χ3v) is 7.94. The smallest absolute Gasteiger partial charge is 0.451 e. The van der Waals surface area contributed by atoms with E-state index >= 15 is 0 Å². The number of aryl methyl sites for hydroxylation is 1. The Balaban J connectivity index is 1.44. The van der Waals surface area contributed by atoms with Gasteiger partial charge in [0, 0.05) is 54.4 Å². The summed E-state index contributed by atoms with van der Waals surface area (Å²) in [6.45, 7) is 5.31. The van der Waals surface area contributed by atoms with Gasteiger partial charge in [-0.1, -0.05) is 0 Å². The minimum atomic E-state index is -4.66. The van der Waals surface area contributed by atoms with Crippen molar-refractivity contribution in [2.45, 2.75) is 45.3 Å². The van der Waals surface area contributed by atoms with Crippen LogP contribution in [0.3, 0.4) is 0 Å². The van der Waals surface area contributed by atoms with E-state index in [4.69, 9.17) is 9.47 Å². The summed E-state index contributed by atoms with van der Waals surface area (Å²) in [6.07, 6.45) is 1.81. The molecule has 5 rings (SSSR count). The zero-order valence-electron chi connectivity index (χ0n) is 22.0. The molecule has 0 radical (unpaired) electrons. The average Bonchev–Trinajstić information content (AvgIpc) is 3.38. The summed E-state index contributed by atoms with van der Waals surface area (Å²) in [5.41, 5.74) is 1.65. The minimum absolute atomic E-state index is 0.116. The molecule has 2 aliphatic rings. The Morgan fingerprint density at radius 2 is 1.90 bits per heavy atom. The number of anilines is 1. The molecule has 1 fully saturated rings. The highest BCUT2D eigenvalue weighted by Gasteiger charge is 2.35. The molecule has 3 aromatic rings. The van der Waals surface area contributed by atoms with Crippen LogP contribution in [0.4, 0.5) is 18.9 Å². The van der Waals surface area contributed by atoms with Gasteiger partial charge in [0.25, 0.3) is 11.8 Å². The first-order valence-corrected chi connectivity index (χ1v) is 13.7. The van der Waals surface area contributed by atoms with Crippen LogP contribution in [0.25, 0.3) is 10.6 Å². The van der Waals surface area contributed by atoms with Gasteiger partial charge in [-0.15, -0.1) is 11.3 Å². The Labute approximate surface area is 232 Å². The largest absolute Gasteiger partial charge is 0.481 e. The molecule has 2 aliphatic heterocycles. The second-order valence-corrected chi connectivity index (χ2v) is 11.1. The Morgan fingerprint density at radius 1 is 1.18 bits per heavy atom. The molecule has 1 N–H and O–H groups in total. The number of thiazole rings is 1. The molecular formula is C27H28F3N5O4S. The zero-order valence-corrected chi connectivity index (χ0v) is 22.8. The maximum Gasteiger partial charge on any atom is 0.451 e. The van der Waals surface area contributed by atoms with Crippen LogP contribution < -0.4 is 15.0 Å². The lowest BCUT2D eigenvalue weighted by Gasteiger charge is -2.32. The van der Waals surface area contributed by atoms with Crippen LogP contribution in [0.1, 0.15) is 58.9 Å². The van der Waals surface area contributed by atoms with Crippen LogP contribution in [0.5, 0.6) is 5.75 Å². The lowest BCUT2D eigenvalue weighted by Crippen LogP contribution is -2.40. The first kappa shape index (κ1) is 28.0. The first-order valence-electron chi connectivity index (χ1n) is 12.9. The molecule has 212 valence electrons. The van der Waals surface area contributed by atoms with Crippen LogP contribution >= 0.6 is 11.3 Å². The standard InChI is InChI=1S/C27H28F3N5O4S/c1-15-11-31-25(40-15)20-9-18(24(37)34-16(2)19-12-32-26(33-13-19)27(28,29)30)10-21-23(20)39-14-22(36)35(21)6-3-17-4-7-38-8-5-17/h9-13,16-17H,3-8,14H2,1-2H3,(H,34,37). The van der Waals surface area contributed by atoms with Crippen LogP contribution in [0, 0.1) is 12.8 Å². The van der Waals surface area contributed by atoms with Gasteiger partial charge in [0.1, 0.15) is 5.01 Å². The molecule has 0 aliphatic carbocycles. The lowest BCUT2D eigenvalue weighted by atomic mass is 9.96. The number of nitrogens with zero attached hydrogens (tertiary/aromatic N) is 4. The highest BCUT2D eigenvalue weighted by atomic mass is 32.1. The van der Waals surface area contributed by atoms with Crippen molar-refractivity contribution >= 4 is 28.8 Å². The fourth-order valence-electron chi connectivity index (χ4n) is 4.74. The summed E-state index contributed by atoms with van der Waals surface area (Å²) in [4.78, 5) is 40.3. The highest BCUT2D eigenvalue weighted by molar-refractivity contribution is 7.15. The maximum absolute atomic E-state index is 13.4. The summed E-state index contributed by atoms with van der Waals surface area (Å²) in [5, 5.41) is 3.44. The monoisotopic (exact) mass is 575 g/mol. The maximum atomic E-state index is 13.4. The molecule has 0 spiro atoms. The number of nitrogens with one attached hydrogen (secondary N) is 1. The third-order valence-electron chi connectivity index (χ3n) is 6.99. The summed E-state index contributed by atoms with van der Waals surface area (Å²) < 4.78 is 49.9. The number of alkyl halides is 3. The van der Waals surface area contributed by atoms with Crippen molar-refractivity contribution in [3.05, 3.63) is 52.6 Å². The quantitative estimate of drug-likeness (QED) is 0.425. The van der Waals surface area contributed by atoms with Crippen LogP contribution in [0.2, 0.25) is 0 Å². The number of hydrogen-bond donors (Lipinski definition) is 1. The molecule has 2 aromatic heterocycles. The van der Waals surface area contributed by atoms with Gasteiger partial charge < -0.3 is 19.7 Å². The van der Waals surface area contributed by atoms with E-state index in [-0.39, 0.29) is 18.1 Å². The molecule has 9 nitrogen and oxygen atoms in total. The summed E-state index contributed by atoms with van der Waals surface area (Å²) >= 11 is 1.44. The number of fused-ring (bicyclic) bond motifs is 1. The van der Waals surface area contributed by atoms with Crippen molar-refractivity contribution in [1.82, 2.24) is 20.3 Å². The Bertz CT molecular complexity index is 1390. The lowest BCUT2D eigenvalue weighted by molar-refractivity contribution is -0.145. The van der Waals surface area contributed by atoms with Crippen molar-refractivity contribution in [1.29, 1.82) is 0 Å². The molecular weight excluding hydrogens is 547 g/mol. The van der Waals surface area contributed by atoms with Crippen molar-refractivity contribution < 1.29 is 32.2 Å². The summed E-state index contributed by atoms with van der Waals surface area (Å²) in [5.74, 6) is -1.01. The van der Waals surface area contributed by atoms with Gasteiger partial charge in [0.05, 0.1) is 17.3 Å². The normalized spacial score (nSPS) is 16.8. The van der Waals surface area contributed by atoms with Gasteiger partial charge >= 0.3 is 6.18 Å². The molecule has 0 bridgehead atoms. The number of amides is 2. The summed E-state index contributed by atoms with van der Waals surface area (Å²) in [7, 11) is 0. The molecule has 4 heterocycles. The molecule has 1 aromatic carbocycles. The van der Waals surface area contributed by atoms with E-state index in [9.17, 15) is 22.8 Å². The molecule has 2 amide bonds. The first-order chi connectivity index (χ1) is 19.1. The van der Waals surface area contributed by atoms with E-state index < -0.39 is 23.9 Å². The van der Waals surface area contributed by atoms with Gasteiger partial charge in [-0.05, 0) is 51.2 Å². The van der Waals surface area contributed by atoms with Gasteiger partial charge in [-0.3, -0.25) is 9.59 Å². The van der Waals surface area contributed by atoms with Crippen molar-refractivity contribution in [2.75, 3.05) is 31.3 Å². The molecule has 1 unspecified atom stereocenters. The van der Waals surface area contributed by atoms with Gasteiger partial charge in [0.2, 0.25) is 5.82 Å². The van der Waals surface area contributed by atoms with Crippen LogP contribution in [0.15, 0.2) is 30.7 Å². The molecule has 1 saturated heterocycles. The minimum Gasteiger partial charge on any atom is -0.481 e. The van der Waals surface area contributed by atoms with E-state index in [0.29, 0.717) is 53.2 Å². The highest BCUT2D eigenvalue weighted by Crippen LogP contribution is 2.43. The second-order valence-electron chi connectivity index (χ2n) is 9.86. The Kier molecular flexibility index (Phi) is 8.04. The third kappa shape index (κ3) is 6.09. The summed E-state index contributed by atoms with van der Waals surface area (Å²) in [6, 6.07) is 2.60. The van der Waals surface area contributed by atoms with Gasteiger partial charge in [0.15, 0.2) is 12.4 Å². The van der Waals surface area contributed by atoms with Gasteiger partial charge in [-0.2, -0.15) is 13.2 Å². The van der Waals surface area contributed by atoms with Crippen molar-refractivity contribution in [3.8, 4) is 16.3 Å². The Morgan fingerprint density at radius 3 is 2.55 bits per heavy atom. The van der Waals surface area contributed by atoms with E-state index in [1.54, 1.807) is 30.2 Å². The topological polar surface area (TPSA) is 107 Å². The number of benzene rings is 1. The molecule has 1 atom stereocenters. The molecule has 0 saturated carbocycles. The predicted octanol–water partition coefficient (Wildman–Crippen LogP) is 4.96. The van der Waals surface area contributed by atoms with Gasteiger partial charge in [-0.25, -0.2) is 15.0 Å². The number of ether oxygens (including phenoxy) is 2. The number of aromatic nitrogens is 3. The number of carbonyl (C=O) groups excluding carboxylic acids is 2. The number of rotatable bonds is 7. The van der Waals surface area contributed by atoms with Crippen molar-refractivity contribution in [2.24, 2.45) is 5.92 Å². The Hall–Kier alpha value is -3.58. The predicted molar refractivity (Wildman–Crippen MR) is 141 cm³/mol. The van der Waals surface area contributed by atoms with Crippen LogP contribution in [-0.4, -0.2) is 53.1 Å². The SMILES string of the molecule is Cc1cnc(-c2cc(C(=O)NC(C)c3cnc(C(F)(F)F)nc3)cc3c2OCC(=O)N3CCC2CCOCC2)s1. The molecule has 40 heavy (non-hydrogen) atoms. The number of hydrogen-bond acceptors (Lipinski definition) is 8. The fourth-order valence-corrected chi connectivity index (χ4v) is 5.52. The van der Waals surface area contributed by atoms with E-state index in [2.05, 4.69) is 20.3 Å². The zero-order chi connectivity index (χ0) is 28.4. The van der Waals surface area contributed by atoms with E-state index in [0.717, 1.165) is 36.5 Å². The van der Waals surface area contributed by atoms with Crippen molar-refractivity contribution in [3.63, 3.8) is 0 Å². The van der Waals surface area contributed by atoms with E-state index in [1.807, 2.05) is 6.92 Å². The number of carbonyl (C=O) groups is 2.